The summed E-state index contributed by atoms with van der Waals surface area (Å²) in [6.07, 6.45) is 2.48. The number of carbonyl (C=O) groups excluding carboxylic acids is 1. The highest BCUT2D eigenvalue weighted by atomic mass is 16.2. The fourth-order valence-corrected chi connectivity index (χ4v) is 1.17. The van der Waals surface area contributed by atoms with Crippen LogP contribution < -0.4 is 11.1 Å². The Morgan fingerprint density at radius 3 is 3.08 bits per heavy atom. The molecule has 1 atom stereocenters. The molecule has 0 aromatic carbocycles. The predicted octanol–water partition coefficient (Wildman–Crippen LogP) is 0.0322. The Bertz CT molecular complexity index is 200. The van der Waals surface area contributed by atoms with Crippen LogP contribution in [0.5, 0.6) is 0 Å². The number of hydrogen-bond acceptors (Lipinski definition) is 3. The second-order valence-corrected chi connectivity index (χ2v) is 2.97. The molecule has 0 aliphatic carbocycles. The molecule has 4 nitrogen and oxygen atoms in total. The van der Waals surface area contributed by atoms with Crippen LogP contribution in [0, 0.1) is 0 Å². The molecule has 0 saturated heterocycles. The first-order chi connectivity index (χ1) is 5.74. The summed E-state index contributed by atoms with van der Waals surface area (Å²) >= 11 is 0. The van der Waals surface area contributed by atoms with E-state index in [1.807, 2.05) is 6.92 Å². The van der Waals surface area contributed by atoms with Crippen molar-refractivity contribution in [2.24, 2.45) is 10.7 Å². The number of hydrogen-bond donors (Lipinski definition) is 2. The second-order valence-electron chi connectivity index (χ2n) is 2.97. The fraction of sp³-hybridized carbons (Fsp3) is 0.750. The number of rotatable bonds is 3. The van der Waals surface area contributed by atoms with Crippen LogP contribution in [0.3, 0.4) is 0 Å². The van der Waals surface area contributed by atoms with Crippen LogP contribution in [0.1, 0.15) is 26.2 Å². The SMILES string of the molecule is CCCNC(=O)[C@@H]1CCC(N)=N1. The van der Waals surface area contributed by atoms with Crippen LogP contribution in [0.15, 0.2) is 4.99 Å². The molecule has 0 aromatic heterocycles. The van der Waals surface area contributed by atoms with E-state index in [0.717, 1.165) is 25.8 Å². The molecular formula is C8H15N3O. The summed E-state index contributed by atoms with van der Waals surface area (Å²) in [6.45, 7) is 2.75. The van der Waals surface area contributed by atoms with Crippen molar-refractivity contribution in [3.8, 4) is 0 Å². The molecule has 68 valence electrons. The van der Waals surface area contributed by atoms with E-state index in [4.69, 9.17) is 5.73 Å². The monoisotopic (exact) mass is 169 g/mol. The van der Waals surface area contributed by atoms with Crippen molar-refractivity contribution >= 4 is 11.7 Å². The zero-order valence-corrected chi connectivity index (χ0v) is 7.34. The summed E-state index contributed by atoms with van der Waals surface area (Å²) in [5.41, 5.74) is 5.46. The molecule has 1 aliphatic heterocycles. The van der Waals surface area contributed by atoms with E-state index >= 15 is 0 Å². The third-order valence-electron chi connectivity index (χ3n) is 1.85. The van der Waals surface area contributed by atoms with Gasteiger partial charge in [-0.3, -0.25) is 9.79 Å². The van der Waals surface area contributed by atoms with Gasteiger partial charge in [-0.1, -0.05) is 6.92 Å². The van der Waals surface area contributed by atoms with Gasteiger partial charge in [-0.05, 0) is 12.8 Å². The zero-order chi connectivity index (χ0) is 8.97. The van der Waals surface area contributed by atoms with Gasteiger partial charge in [-0.2, -0.15) is 0 Å². The van der Waals surface area contributed by atoms with Crippen LogP contribution in [0.25, 0.3) is 0 Å². The molecule has 1 amide bonds. The first-order valence-corrected chi connectivity index (χ1v) is 4.34. The summed E-state index contributed by atoms with van der Waals surface area (Å²) in [4.78, 5) is 15.3. The normalized spacial score (nSPS) is 22.1. The van der Waals surface area contributed by atoms with E-state index < -0.39 is 0 Å². The minimum absolute atomic E-state index is 0.0114. The third kappa shape index (κ3) is 2.22. The molecule has 12 heavy (non-hydrogen) atoms. The molecule has 3 N–H and O–H groups in total. The fourth-order valence-electron chi connectivity index (χ4n) is 1.17. The Balaban J connectivity index is 2.33. The quantitative estimate of drug-likeness (QED) is 0.626. The molecule has 4 heteroatoms. The van der Waals surface area contributed by atoms with Crippen LogP contribution in [0.2, 0.25) is 0 Å². The summed E-state index contributed by atoms with van der Waals surface area (Å²) in [5.74, 6) is 0.615. The van der Waals surface area contributed by atoms with Crippen molar-refractivity contribution in [2.75, 3.05) is 6.54 Å². The van der Waals surface area contributed by atoms with E-state index in [-0.39, 0.29) is 11.9 Å². The smallest absolute Gasteiger partial charge is 0.244 e. The summed E-state index contributed by atoms with van der Waals surface area (Å²) in [6, 6.07) is -0.225. The molecule has 0 fully saturated rings. The van der Waals surface area contributed by atoms with E-state index in [1.54, 1.807) is 0 Å². The standard InChI is InChI=1S/C8H15N3O/c1-2-5-10-8(12)6-3-4-7(9)11-6/h6H,2-5H2,1H3,(H2,9,11)(H,10,12)/t6-/m0/s1. The second kappa shape index (κ2) is 4.09. The van der Waals surface area contributed by atoms with Crippen LogP contribution in [-0.4, -0.2) is 24.3 Å². The van der Waals surface area contributed by atoms with Gasteiger partial charge in [0.15, 0.2) is 0 Å². The molecule has 1 rings (SSSR count). The van der Waals surface area contributed by atoms with Gasteiger partial charge in [0, 0.05) is 13.0 Å². The number of nitrogens with zero attached hydrogens (tertiary/aromatic N) is 1. The van der Waals surface area contributed by atoms with Crippen molar-refractivity contribution in [3.63, 3.8) is 0 Å². The van der Waals surface area contributed by atoms with Gasteiger partial charge in [0.25, 0.3) is 0 Å². The molecular weight excluding hydrogens is 154 g/mol. The maximum atomic E-state index is 11.3. The molecule has 0 radical (unpaired) electrons. The number of nitrogens with two attached hydrogens (primary N) is 1. The lowest BCUT2D eigenvalue weighted by Gasteiger charge is -2.06. The van der Waals surface area contributed by atoms with Crippen molar-refractivity contribution in [1.82, 2.24) is 5.32 Å². The number of aliphatic imine (C=N–C) groups is 1. The minimum Gasteiger partial charge on any atom is -0.387 e. The van der Waals surface area contributed by atoms with Gasteiger partial charge in [-0.15, -0.1) is 0 Å². The zero-order valence-electron chi connectivity index (χ0n) is 7.34. The van der Waals surface area contributed by atoms with Gasteiger partial charge in [0.1, 0.15) is 6.04 Å². The lowest BCUT2D eigenvalue weighted by atomic mass is 10.2. The molecule has 0 saturated carbocycles. The maximum Gasteiger partial charge on any atom is 0.244 e. The predicted molar refractivity (Wildman–Crippen MR) is 47.9 cm³/mol. The van der Waals surface area contributed by atoms with Crippen molar-refractivity contribution in [1.29, 1.82) is 0 Å². The number of amidine groups is 1. The van der Waals surface area contributed by atoms with Gasteiger partial charge in [0.05, 0.1) is 5.84 Å². The maximum absolute atomic E-state index is 11.3. The van der Waals surface area contributed by atoms with Crippen molar-refractivity contribution in [3.05, 3.63) is 0 Å². The Labute approximate surface area is 72.2 Å². The van der Waals surface area contributed by atoms with Gasteiger partial charge in [0.2, 0.25) is 5.91 Å². The lowest BCUT2D eigenvalue weighted by molar-refractivity contribution is -0.122. The van der Waals surface area contributed by atoms with E-state index in [2.05, 4.69) is 10.3 Å². The third-order valence-corrected chi connectivity index (χ3v) is 1.85. The molecule has 0 bridgehead atoms. The summed E-state index contributed by atoms with van der Waals surface area (Å²) in [7, 11) is 0. The van der Waals surface area contributed by atoms with Crippen LogP contribution >= 0.6 is 0 Å². The van der Waals surface area contributed by atoms with Crippen LogP contribution in [0.4, 0.5) is 0 Å². The average molecular weight is 169 g/mol. The lowest BCUT2D eigenvalue weighted by Crippen LogP contribution is -2.32. The van der Waals surface area contributed by atoms with Crippen molar-refractivity contribution < 1.29 is 4.79 Å². The van der Waals surface area contributed by atoms with Crippen molar-refractivity contribution in [2.45, 2.75) is 32.2 Å². The Kier molecular flexibility index (Phi) is 3.08. The van der Waals surface area contributed by atoms with Gasteiger partial charge >= 0.3 is 0 Å². The average Bonchev–Trinajstić information content (AvgIpc) is 2.47. The molecule has 1 aliphatic rings. The topological polar surface area (TPSA) is 67.5 Å². The van der Waals surface area contributed by atoms with E-state index in [1.165, 1.54) is 0 Å². The first-order valence-electron chi connectivity index (χ1n) is 4.34. The number of amides is 1. The molecule has 1 heterocycles. The van der Waals surface area contributed by atoms with Gasteiger partial charge < -0.3 is 11.1 Å². The Morgan fingerprint density at radius 2 is 2.58 bits per heavy atom. The molecule has 0 spiro atoms. The summed E-state index contributed by atoms with van der Waals surface area (Å²) < 4.78 is 0. The highest BCUT2D eigenvalue weighted by Crippen LogP contribution is 2.10. The van der Waals surface area contributed by atoms with E-state index in [0.29, 0.717) is 5.84 Å². The molecule has 0 unspecified atom stereocenters. The number of carbonyl (C=O) groups is 1. The highest BCUT2D eigenvalue weighted by molar-refractivity contribution is 5.90. The summed E-state index contributed by atoms with van der Waals surface area (Å²) in [5, 5.41) is 2.79. The molecule has 0 aromatic rings. The van der Waals surface area contributed by atoms with Crippen LogP contribution in [-0.2, 0) is 4.79 Å². The van der Waals surface area contributed by atoms with E-state index in [9.17, 15) is 4.79 Å². The highest BCUT2D eigenvalue weighted by Gasteiger charge is 2.21. The number of nitrogens with one attached hydrogen (secondary N) is 1. The van der Waals surface area contributed by atoms with Gasteiger partial charge in [-0.25, -0.2) is 0 Å². The largest absolute Gasteiger partial charge is 0.387 e. The minimum atomic E-state index is -0.225. The Morgan fingerprint density at radius 1 is 1.83 bits per heavy atom. The Hall–Kier alpha value is -1.06. The first kappa shape index (κ1) is 9.03.